The maximum atomic E-state index is 10.1. The van der Waals surface area contributed by atoms with Gasteiger partial charge in [-0.3, -0.25) is 4.79 Å². The number of carboxylic acid groups (broad SMARTS) is 1. The molecule has 0 heterocycles. The third kappa shape index (κ3) is 15.2. The zero-order chi connectivity index (χ0) is 9.23. The maximum Gasteiger partial charge on any atom is 1.00 e. The van der Waals surface area contributed by atoms with Crippen LogP contribution in [0.3, 0.4) is 0 Å². The first kappa shape index (κ1) is 15.9. The molecule has 0 aliphatic carbocycles. The van der Waals surface area contributed by atoms with Crippen LogP contribution in [0.15, 0.2) is 0 Å². The van der Waals surface area contributed by atoms with Crippen molar-refractivity contribution in [1.82, 2.24) is 0 Å². The summed E-state index contributed by atoms with van der Waals surface area (Å²) in [5, 5.41) is 8.35. The Hall–Kier alpha value is 0.470. The van der Waals surface area contributed by atoms with Crippen LogP contribution in [0.5, 0.6) is 0 Å². The van der Waals surface area contributed by atoms with Gasteiger partial charge in [-0.05, 0) is 6.42 Å². The van der Waals surface area contributed by atoms with E-state index in [2.05, 4.69) is 6.92 Å². The summed E-state index contributed by atoms with van der Waals surface area (Å²) in [6, 6.07) is 0. The molecule has 1 N–H and O–H groups in total. The van der Waals surface area contributed by atoms with Crippen LogP contribution < -0.4 is 29.6 Å². The molecule has 0 aliphatic heterocycles. The molecule has 0 amide bonds. The Morgan fingerprint density at radius 1 is 1.08 bits per heavy atom. The summed E-state index contributed by atoms with van der Waals surface area (Å²) in [6.45, 7) is 2.20. The third-order valence-electron chi connectivity index (χ3n) is 1.99. The van der Waals surface area contributed by atoms with E-state index in [4.69, 9.17) is 5.11 Å². The Kier molecular flexibility index (Phi) is 15.3. The molecule has 0 bridgehead atoms. The quantitative estimate of drug-likeness (QED) is 0.448. The maximum absolute atomic E-state index is 10.1. The zero-order valence-corrected chi connectivity index (χ0v) is 11.0. The van der Waals surface area contributed by atoms with Gasteiger partial charge in [0.2, 0.25) is 0 Å². The number of hydrogen-bond acceptors (Lipinski definition) is 1. The van der Waals surface area contributed by atoms with Gasteiger partial charge in [0.1, 0.15) is 0 Å². The smallest absolute Gasteiger partial charge is 1.00 e. The molecule has 0 saturated heterocycles. The molecule has 0 aromatic carbocycles. The standard InChI is InChI=1S/C10H20O2.Na.H/c1-2-3-4-5-6-7-8-9-10(11)12;;/h2-9H2,1H3,(H,11,12);;/q;+1;-1. The zero-order valence-electron chi connectivity index (χ0n) is 10.0. The SMILES string of the molecule is CCCCCCCCCC(=O)O.[H-].[Na+]. The largest absolute Gasteiger partial charge is 1.00 e. The fourth-order valence-corrected chi connectivity index (χ4v) is 1.23. The molecule has 0 saturated carbocycles. The first-order valence-corrected chi connectivity index (χ1v) is 4.99. The van der Waals surface area contributed by atoms with E-state index >= 15 is 0 Å². The number of carbonyl (C=O) groups is 1. The minimum Gasteiger partial charge on any atom is -1.00 e. The molecule has 2 nitrogen and oxygen atoms in total. The Balaban J connectivity index is -0.000000605. The van der Waals surface area contributed by atoms with E-state index < -0.39 is 5.97 Å². The Morgan fingerprint density at radius 2 is 1.54 bits per heavy atom. The average Bonchev–Trinajstić information content (AvgIpc) is 2.02. The fraction of sp³-hybridized carbons (Fsp3) is 0.900. The fourth-order valence-electron chi connectivity index (χ4n) is 1.23. The molecule has 0 unspecified atom stereocenters. The van der Waals surface area contributed by atoms with E-state index in [9.17, 15) is 4.79 Å². The van der Waals surface area contributed by atoms with Crippen LogP contribution in [0.1, 0.15) is 59.7 Å². The summed E-state index contributed by atoms with van der Waals surface area (Å²) < 4.78 is 0. The number of hydrogen-bond donors (Lipinski definition) is 1. The van der Waals surface area contributed by atoms with E-state index in [1.165, 1.54) is 32.1 Å². The molecule has 74 valence electrons. The first-order valence-electron chi connectivity index (χ1n) is 4.99. The summed E-state index contributed by atoms with van der Waals surface area (Å²) in [5.41, 5.74) is 0. The summed E-state index contributed by atoms with van der Waals surface area (Å²) >= 11 is 0. The first-order chi connectivity index (χ1) is 5.77. The molecule has 0 spiro atoms. The van der Waals surface area contributed by atoms with E-state index in [0.29, 0.717) is 6.42 Å². The predicted molar refractivity (Wildman–Crippen MR) is 51.4 cm³/mol. The molecule has 0 radical (unpaired) electrons. The Morgan fingerprint density at radius 3 is 2.00 bits per heavy atom. The van der Waals surface area contributed by atoms with Gasteiger partial charge in [-0.15, -0.1) is 0 Å². The molecule has 0 aromatic rings. The minimum atomic E-state index is -0.663. The van der Waals surface area contributed by atoms with Crippen LogP contribution >= 0.6 is 0 Å². The summed E-state index contributed by atoms with van der Waals surface area (Å²) in [4.78, 5) is 10.1. The second kappa shape index (κ2) is 12.5. The summed E-state index contributed by atoms with van der Waals surface area (Å²) in [5.74, 6) is -0.663. The molecule has 3 heteroatoms. The molecular weight excluding hydrogens is 175 g/mol. The normalized spacial score (nSPS) is 9.31. The van der Waals surface area contributed by atoms with Crippen molar-refractivity contribution in [2.75, 3.05) is 0 Å². The molecule has 0 rings (SSSR count). The minimum absolute atomic E-state index is 0. The van der Waals surface area contributed by atoms with E-state index in [1.54, 1.807) is 0 Å². The van der Waals surface area contributed by atoms with Gasteiger partial charge in [-0.25, -0.2) is 0 Å². The topological polar surface area (TPSA) is 37.3 Å². The second-order valence-electron chi connectivity index (χ2n) is 3.27. The van der Waals surface area contributed by atoms with Crippen molar-refractivity contribution in [3.05, 3.63) is 0 Å². The average molecular weight is 196 g/mol. The second-order valence-corrected chi connectivity index (χ2v) is 3.27. The Labute approximate surface area is 105 Å². The number of rotatable bonds is 8. The molecular formula is C10H21NaO2. The monoisotopic (exact) mass is 196 g/mol. The van der Waals surface area contributed by atoms with Crippen LogP contribution in [0.4, 0.5) is 0 Å². The third-order valence-corrected chi connectivity index (χ3v) is 1.99. The van der Waals surface area contributed by atoms with Gasteiger partial charge in [-0.2, -0.15) is 0 Å². The van der Waals surface area contributed by atoms with E-state index in [0.717, 1.165) is 12.8 Å². The molecule has 0 aliphatic rings. The van der Waals surface area contributed by atoms with Crippen molar-refractivity contribution in [1.29, 1.82) is 0 Å². The molecule has 13 heavy (non-hydrogen) atoms. The van der Waals surface area contributed by atoms with Crippen LogP contribution in [-0.4, -0.2) is 11.1 Å². The number of carboxylic acids is 1. The van der Waals surface area contributed by atoms with Crippen molar-refractivity contribution in [3.63, 3.8) is 0 Å². The van der Waals surface area contributed by atoms with E-state index in [-0.39, 0.29) is 31.0 Å². The van der Waals surface area contributed by atoms with Crippen molar-refractivity contribution in [2.24, 2.45) is 0 Å². The van der Waals surface area contributed by atoms with Crippen LogP contribution in [0.2, 0.25) is 0 Å². The summed E-state index contributed by atoms with van der Waals surface area (Å²) in [6.07, 6.45) is 8.64. The van der Waals surface area contributed by atoms with Crippen LogP contribution in [0, 0.1) is 0 Å². The van der Waals surface area contributed by atoms with Gasteiger partial charge in [-0.1, -0.05) is 45.4 Å². The molecule has 0 aromatic heterocycles. The summed E-state index contributed by atoms with van der Waals surface area (Å²) in [7, 11) is 0. The van der Waals surface area contributed by atoms with Crippen molar-refractivity contribution < 1.29 is 40.9 Å². The van der Waals surface area contributed by atoms with E-state index in [1.807, 2.05) is 0 Å². The Bertz CT molecular complexity index is 121. The number of unbranched alkanes of at least 4 members (excludes halogenated alkanes) is 6. The van der Waals surface area contributed by atoms with Gasteiger partial charge in [0.25, 0.3) is 0 Å². The van der Waals surface area contributed by atoms with Gasteiger partial charge in [0, 0.05) is 6.42 Å². The van der Waals surface area contributed by atoms with Crippen molar-refractivity contribution in [3.8, 4) is 0 Å². The molecule has 0 fully saturated rings. The molecule has 0 atom stereocenters. The van der Waals surface area contributed by atoms with Gasteiger partial charge >= 0.3 is 35.5 Å². The van der Waals surface area contributed by atoms with Gasteiger partial charge < -0.3 is 6.53 Å². The van der Waals surface area contributed by atoms with Gasteiger partial charge in [0.15, 0.2) is 0 Å². The van der Waals surface area contributed by atoms with Gasteiger partial charge in [0.05, 0.1) is 0 Å². The number of aliphatic carboxylic acids is 1. The van der Waals surface area contributed by atoms with Crippen molar-refractivity contribution >= 4 is 5.97 Å². The predicted octanol–water partition coefficient (Wildman–Crippen LogP) is 0.328. The van der Waals surface area contributed by atoms with Crippen LogP contribution in [0.25, 0.3) is 0 Å². The van der Waals surface area contributed by atoms with Crippen LogP contribution in [-0.2, 0) is 4.79 Å². The van der Waals surface area contributed by atoms with Crippen molar-refractivity contribution in [2.45, 2.75) is 58.3 Å².